The molecule has 1 aliphatic rings. The zero-order valence-corrected chi connectivity index (χ0v) is 9.35. The third-order valence-electron chi connectivity index (χ3n) is 2.62. The van der Waals surface area contributed by atoms with Gasteiger partial charge in [-0.25, -0.2) is 0 Å². The molecule has 1 aromatic carbocycles. The zero-order valence-electron chi connectivity index (χ0n) is 8.53. The molecule has 3 heteroatoms. The monoisotopic (exact) mass is 222 g/mol. The Hall–Kier alpha value is -0.960. The summed E-state index contributed by atoms with van der Waals surface area (Å²) in [5, 5.41) is 8.54. The standard InChI is InChI=1S/C12H14O2S/c13-12(14)3-1-2-9-4-5-10-6-7-15-11(10)8-9/h4-5,8H,1-3,6-7H2,(H,13,14). The van der Waals surface area contributed by atoms with E-state index in [1.807, 2.05) is 11.8 Å². The molecule has 80 valence electrons. The third-order valence-corrected chi connectivity index (χ3v) is 3.72. The maximum atomic E-state index is 10.4. The van der Waals surface area contributed by atoms with Gasteiger partial charge in [0, 0.05) is 17.1 Å². The number of thioether (sulfide) groups is 1. The summed E-state index contributed by atoms with van der Waals surface area (Å²) in [5.41, 5.74) is 2.71. The van der Waals surface area contributed by atoms with Gasteiger partial charge in [0.15, 0.2) is 0 Å². The Labute approximate surface area is 93.7 Å². The summed E-state index contributed by atoms with van der Waals surface area (Å²) in [7, 11) is 0. The Balaban J connectivity index is 1.95. The molecule has 0 bridgehead atoms. The van der Waals surface area contributed by atoms with Crippen LogP contribution in [0, 0.1) is 0 Å². The van der Waals surface area contributed by atoms with Crippen molar-refractivity contribution in [3.8, 4) is 0 Å². The zero-order chi connectivity index (χ0) is 10.7. The Morgan fingerprint density at radius 2 is 2.33 bits per heavy atom. The van der Waals surface area contributed by atoms with Crippen LogP contribution < -0.4 is 0 Å². The van der Waals surface area contributed by atoms with Crippen LogP contribution in [-0.4, -0.2) is 16.8 Å². The van der Waals surface area contributed by atoms with Gasteiger partial charge in [-0.15, -0.1) is 11.8 Å². The van der Waals surface area contributed by atoms with Crippen LogP contribution in [0.15, 0.2) is 23.1 Å². The number of carboxylic acids is 1. The maximum Gasteiger partial charge on any atom is 0.303 e. The van der Waals surface area contributed by atoms with Crippen molar-refractivity contribution < 1.29 is 9.90 Å². The highest BCUT2D eigenvalue weighted by Gasteiger charge is 2.11. The van der Waals surface area contributed by atoms with Crippen LogP contribution in [-0.2, 0) is 17.6 Å². The summed E-state index contributed by atoms with van der Waals surface area (Å²) >= 11 is 1.91. The highest BCUT2D eigenvalue weighted by Crippen LogP contribution is 2.32. The summed E-state index contributed by atoms with van der Waals surface area (Å²) in [4.78, 5) is 11.8. The van der Waals surface area contributed by atoms with E-state index in [4.69, 9.17) is 5.11 Å². The van der Waals surface area contributed by atoms with Gasteiger partial charge in [0.2, 0.25) is 0 Å². The Morgan fingerprint density at radius 3 is 3.13 bits per heavy atom. The molecule has 0 aliphatic carbocycles. The quantitative estimate of drug-likeness (QED) is 0.851. The number of aliphatic carboxylic acids is 1. The molecule has 0 spiro atoms. The number of carbonyl (C=O) groups is 1. The van der Waals surface area contributed by atoms with Crippen LogP contribution in [0.3, 0.4) is 0 Å². The number of aryl methyl sites for hydroxylation is 2. The minimum Gasteiger partial charge on any atom is -0.481 e. The largest absolute Gasteiger partial charge is 0.481 e. The van der Waals surface area contributed by atoms with Gasteiger partial charge in [-0.3, -0.25) is 4.79 Å². The molecule has 0 saturated heterocycles. The molecule has 0 radical (unpaired) electrons. The second kappa shape index (κ2) is 4.71. The lowest BCUT2D eigenvalue weighted by Gasteiger charge is -2.03. The summed E-state index contributed by atoms with van der Waals surface area (Å²) in [6.07, 6.45) is 3.05. The summed E-state index contributed by atoms with van der Waals surface area (Å²) in [6, 6.07) is 6.53. The van der Waals surface area contributed by atoms with Crippen molar-refractivity contribution in [2.24, 2.45) is 0 Å². The van der Waals surface area contributed by atoms with Crippen LogP contribution in [0.5, 0.6) is 0 Å². The van der Waals surface area contributed by atoms with Gasteiger partial charge in [0.1, 0.15) is 0 Å². The Bertz CT molecular complexity index is 374. The van der Waals surface area contributed by atoms with E-state index in [1.54, 1.807) is 0 Å². The summed E-state index contributed by atoms with van der Waals surface area (Å²) in [6.45, 7) is 0. The van der Waals surface area contributed by atoms with E-state index in [9.17, 15) is 4.79 Å². The van der Waals surface area contributed by atoms with Crippen LogP contribution in [0.1, 0.15) is 24.0 Å². The van der Waals surface area contributed by atoms with E-state index in [-0.39, 0.29) is 6.42 Å². The van der Waals surface area contributed by atoms with Crippen molar-refractivity contribution in [3.63, 3.8) is 0 Å². The van der Waals surface area contributed by atoms with E-state index in [0.717, 1.165) is 12.8 Å². The van der Waals surface area contributed by atoms with Crippen LogP contribution >= 0.6 is 11.8 Å². The topological polar surface area (TPSA) is 37.3 Å². The Kier molecular flexibility index (Phi) is 3.31. The molecule has 2 nitrogen and oxygen atoms in total. The molecule has 0 atom stereocenters. The fourth-order valence-electron chi connectivity index (χ4n) is 1.81. The summed E-state index contributed by atoms with van der Waals surface area (Å²) < 4.78 is 0. The van der Waals surface area contributed by atoms with Crippen molar-refractivity contribution in [2.45, 2.75) is 30.6 Å². The first-order valence-electron chi connectivity index (χ1n) is 5.22. The van der Waals surface area contributed by atoms with Gasteiger partial charge in [-0.05, 0) is 36.5 Å². The number of hydrogen-bond donors (Lipinski definition) is 1. The lowest BCUT2D eigenvalue weighted by Crippen LogP contribution is -1.96. The minimum absolute atomic E-state index is 0.268. The molecule has 0 amide bonds. The van der Waals surface area contributed by atoms with Gasteiger partial charge in [-0.1, -0.05) is 12.1 Å². The first-order valence-corrected chi connectivity index (χ1v) is 6.20. The molecule has 1 N–H and O–H groups in total. The lowest BCUT2D eigenvalue weighted by molar-refractivity contribution is -0.137. The van der Waals surface area contributed by atoms with Crippen LogP contribution in [0.2, 0.25) is 0 Å². The molecule has 1 aliphatic heterocycles. The van der Waals surface area contributed by atoms with Crippen molar-refractivity contribution in [1.82, 2.24) is 0 Å². The van der Waals surface area contributed by atoms with E-state index in [0.29, 0.717) is 0 Å². The number of hydrogen-bond acceptors (Lipinski definition) is 2. The van der Waals surface area contributed by atoms with E-state index >= 15 is 0 Å². The van der Waals surface area contributed by atoms with Gasteiger partial charge in [0.25, 0.3) is 0 Å². The number of carboxylic acid groups (broad SMARTS) is 1. The predicted octanol–water partition coefficient (Wildman–Crippen LogP) is 2.74. The van der Waals surface area contributed by atoms with Gasteiger partial charge >= 0.3 is 5.97 Å². The molecule has 1 aromatic rings. The second-order valence-corrected chi connectivity index (χ2v) is 4.92. The molecule has 1 heterocycles. The van der Waals surface area contributed by atoms with Gasteiger partial charge in [0.05, 0.1) is 0 Å². The fourth-order valence-corrected chi connectivity index (χ4v) is 2.94. The molecule has 0 fully saturated rings. The van der Waals surface area contributed by atoms with Crippen molar-refractivity contribution in [3.05, 3.63) is 29.3 Å². The first kappa shape index (κ1) is 10.6. The Morgan fingerprint density at radius 1 is 1.47 bits per heavy atom. The highest BCUT2D eigenvalue weighted by atomic mass is 32.2. The number of rotatable bonds is 4. The molecule has 2 rings (SSSR count). The van der Waals surface area contributed by atoms with E-state index < -0.39 is 5.97 Å². The molecule has 0 aromatic heterocycles. The lowest BCUT2D eigenvalue weighted by atomic mass is 10.1. The fraction of sp³-hybridized carbons (Fsp3) is 0.417. The average molecular weight is 222 g/mol. The van der Waals surface area contributed by atoms with Crippen LogP contribution in [0.25, 0.3) is 0 Å². The smallest absolute Gasteiger partial charge is 0.303 e. The minimum atomic E-state index is -0.703. The third kappa shape index (κ3) is 2.75. The molecular formula is C12H14O2S. The molecule has 0 saturated carbocycles. The van der Waals surface area contributed by atoms with Gasteiger partial charge < -0.3 is 5.11 Å². The van der Waals surface area contributed by atoms with Crippen molar-refractivity contribution >= 4 is 17.7 Å². The normalized spacial score (nSPS) is 13.9. The summed E-state index contributed by atoms with van der Waals surface area (Å²) in [5.74, 6) is 0.485. The average Bonchev–Trinajstić information content (AvgIpc) is 2.64. The highest BCUT2D eigenvalue weighted by molar-refractivity contribution is 7.99. The molecule has 15 heavy (non-hydrogen) atoms. The van der Waals surface area contributed by atoms with Gasteiger partial charge in [-0.2, -0.15) is 0 Å². The molecule has 0 unspecified atom stereocenters. The SMILES string of the molecule is O=C(O)CCCc1ccc2c(c1)SCC2. The van der Waals surface area contributed by atoms with E-state index in [1.165, 1.54) is 28.2 Å². The number of benzene rings is 1. The van der Waals surface area contributed by atoms with Crippen LogP contribution in [0.4, 0.5) is 0 Å². The maximum absolute atomic E-state index is 10.4. The van der Waals surface area contributed by atoms with Crippen molar-refractivity contribution in [2.75, 3.05) is 5.75 Å². The molecular weight excluding hydrogens is 208 g/mol. The predicted molar refractivity (Wildman–Crippen MR) is 61.4 cm³/mol. The second-order valence-electron chi connectivity index (χ2n) is 3.79. The van der Waals surface area contributed by atoms with E-state index in [2.05, 4.69) is 18.2 Å². The number of fused-ring (bicyclic) bond motifs is 1. The first-order chi connectivity index (χ1) is 7.25. The van der Waals surface area contributed by atoms with Crippen molar-refractivity contribution in [1.29, 1.82) is 0 Å².